The van der Waals surface area contributed by atoms with Crippen molar-refractivity contribution in [2.75, 3.05) is 23.0 Å². The summed E-state index contributed by atoms with van der Waals surface area (Å²) in [6, 6.07) is 1.34. The average Bonchev–Trinajstić information content (AvgIpc) is 2.76. The lowest BCUT2D eigenvalue weighted by Gasteiger charge is -2.27. The van der Waals surface area contributed by atoms with Crippen LogP contribution in [-0.2, 0) is 14.6 Å². The molecule has 8 nitrogen and oxygen atoms in total. The highest BCUT2D eigenvalue weighted by Crippen LogP contribution is 2.24. The van der Waals surface area contributed by atoms with E-state index in [1.54, 1.807) is 0 Å². The number of carbonyl (C=O) groups is 1. The van der Waals surface area contributed by atoms with Crippen molar-refractivity contribution in [2.45, 2.75) is 12.5 Å². The van der Waals surface area contributed by atoms with Crippen LogP contribution >= 0.6 is 0 Å². The van der Waals surface area contributed by atoms with Crippen LogP contribution in [0, 0.1) is 11.3 Å². The summed E-state index contributed by atoms with van der Waals surface area (Å²) in [5.41, 5.74) is -0.0157. The van der Waals surface area contributed by atoms with Crippen molar-refractivity contribution in [3.05, 3.63) is 18.1 Å². The van der Waals surface area contributed by atoms with Gasteiger partial charge in [-0.25, -0.2) is 18.4 Å². The second-order valence-electron chi connectivity index (χ2n) is 4.42. The lowest BCUT2D eigenvalue weighted by atomic mass is 10.2. The fourth-order valence-electron chi connectivity index (χ4n) is 2.16. The molecule has 0 spiro atoms. The Labute approximate surface area is 115 Å². The van der Waals surface area contributed by atoms with Gasteiger partial charge in [-0.2, -0.15) is 5.26 Å². The summed E-state index contributed by atoms with van der Waals surface area (Å²) >= 11 is 0. The first kappa shape index (κ1) is 14.2. The van der Waals surface area contributed by atoms with Gasteiger partial charge in [0.05, 0.1) is 11.5 Å². The molecule has 1 fully saturated rings. The van der Waals surface area contributed by atoms with E-state index in [0.29, 0.717) is 6.42 Å². The van der Waals surface area contributed by atoms with E-state index < -0.39 is 28.4 Å². The second-order valence-corrected chi connectivity index (χ2v) is 6.65. The number of nitriles is 1. The van der Waals surface area contributed by atoms with Crippen molar-refractivity contribution in [3.63, 3.8) is 0 Å². The lowest BCUT2D eigenvalue weighted by molar-refractivity contribution is -0.135. The molecule has 1 saturated heterocycles. The maximum Gasteiger partial charge on any atom is 0.323 e. The predicted octanol–water partition coefficient (Wildman–Crippen LogP) is -0.574. The van der Waals surface area contributed by atoms with Gasteiger partial charge < -0.3 is 10.0 Å². The van der Waals surface area contributed by atoms with Gasteiger partial charge in [0.1, 0.15) is 12.6 Å². The summed E-state index contributed by atoms with van der Waals surface area (Å²) < 4.78 is 23.1. The minimum Gasteiger partial charge on any atom is -0.480 e. The standard InChI is InChI=1S/C11H12N4O4S/c12-5-9-11(14-3-2-13-9)15(6-10(16)17)8-1-4-20(18,19)7-8/h2-3,8H,1,4,6-7H2,(H,16,17). The molecule has 1 atom stereocenters. The van der Waals surface area contributed by atoms with Gasteiger partial charge in [-0.15, -0.1) is 0 Å². The quantitative estimate of drug-likeness (QED) is 0.783. The van der Waals surface area contributed by atoms with Crippen molar-refractivity contribution in [2.24, 2.45) is 0 Å². The molecule has 106 valence electrons. The van der Waals surface area contributed by atoms with Crippen LogP contribution < -0.4 is 4.90 Å². The highest BCUT2D eigenvalue weighted by Gasteiger charge is 2.35. The number of rotatable bonds is 4. The first-order valence-corrected chi connectivity index (χ1v) is 7.65. The van der Waals surface area contributed by atoms with Gasteiger partial charge in [-0.1, -0.05) is 0 Å². The molecule has 1 aromatic heterocycles. The Morgan fingerprint density at radius 1 is 1.50 bits per heavy atom. The zero-order chi connectivity index (χ0) is 14.8. The van der Waals surface area contributed by atoms with Gasteiger partial charge in [-0.3, -0.25) is 4.79 Å². The van der Waals surface area contributed by atoms with Crippen molar-refractivity contribution in [1.29, 1.82) is 5.26 Å². The smallest absolute Gasteiger partial charge is 0.323 e. The Morgan fingerprint density at radius 2 is 2.20 bits per heavy atom. The number of aliphatic carboxylic acids is 1. The van der Waals surface area contributed by atoms with Crippen molar-refractivity contribution >= 4 is 21.6 Å². The minimum absolute atomic E-state index is 0.00986. The molecule has 2 heterocycles. The van der Waals surface area contributed by atoms with Crippen LogP contribution in [0.15, 0.2) is 12.4 Å². The number of sulfone groups is 1. The molecule has 0 bridgehead atoms. The number of anilines is 1. The van der Waals surface area contributed by atoms with E-state index >= 15 is 0 Å². The van der Waals surface area contributed by atoms with E-state index in [4.69, 9.17) is 10.4 Å². The maximum atomic E-state index is 11.5. The van der Waals surface area contributed by atoms with Crippen LogP contribution in [0.5, 0.6) is 0 Å². The minimum atomic E-state index is -3.17. The summed E-state index contributed by atoms with van der Waals surface area (Å²) in [4.78, 5) is 20.1. The van der Waals surface area contributed by atoms with Gasteiger partial charge >= 0.3 is 5.97 Å². The van der Waals surface area contributed by atoms with Crippen molar-refractivity contribution < 1.29 is 18.3 Å². The largest absolute Gasteiger partial charge is 0.480 e. The molecule has 0 aliphatic carbocycles. The Hall–Kier alpha value is -2.21. The summed E-state index contributed by atoms with van der Waals surface area (Å²) in [6.07, 6.45) is 2.98. The Bertz CT molecular complexity index is 667. The van der Waals surface area contributed by atoms with Gasteiger partial charge in [0, 0.05) is 18.4 Å². The molecule has 1 N–H and O–H groups in total. The number of nitrogens with zero attached hydrogens (tertiary/aromatic N) is 4. The predicted molar refractivity (Wildman–Crippen MR) is 68.8 cm³/mol. The molecule has 1 aromatic rings. The number of carboxylic acids is 1. The fourth-order valence-corrected chi connectivity index (χ4v) is 3.89. The van der Waals surface area contributed by atoms with Crippen LogP contribution in [0.25, 0.3) is 0 Å². The van der Waals surface area contributed by atoms with E-state index in [0.717, 1.165) is 0 Å². The van der Waals surface area contributed by atoms with Crippen LogP contribution in [0.2, 0.25) is 0 Å². The zero-order valence-electron chi connectivity index (χ0n) is 10.4. The molecule has 0 radical (unpaired) electrons. The average molecular weight is 296 g/mol. The van der Waals surface area contributed by atoms with Crippen LogP contribution in [0.4, 0.5) is 5.82 Å². The first-order valence-electron chi connectivity index (χ1n) is 5.83. The number of hydrogen-bond donors (Lipinski definition) is 1. The Kier molecular flexibility index (Phi) is 3.85. The monoisotopic (exact) mass is 296 g/mol. The molecule has 1 unspecified atom stereocenters. The van der Waals surface area contributed by atoms with Gasteiger partial charge in [0.25, 0.3) is 0 Å². The number of carboxylic acid groups (broad SMARTS) is 1. The molecule has 9 heteroatoms. The normalized spacial score (nSPS) is 20.2. The van der Waals surface area contributed by atoms with E-state index in [-0.39, 0.29) is 23.0 Å². The topological polar surface area (TPSA) is 124 Å². The third kappa shape index (κ3) is 3.03. The fraction of sp³-hybridized carbons (Fsp3) is 0.455. The maximum absolute atomic E-state index is 11.5. The first-order chi connectivity index (χ1) is 9.43. The van der Waals surface area contributed by atoms with Crippen molar-refractivity contribution in [3.8, 4) is 6.07 Å². The van der Waals surface area contributed by atoms with E-state index in [1.807, 2.05) is 6.07 Å². The van der Waals surface area contributed by atoms with E-state index in [2.05, 4.69) is 9.97 Å². The highest BCUT2D eigenvalue weighted by molar-refractivity contribution is 7.91. The zero-order valence-corrected chi connectivity index (χ0v) is 11.2. The van der Waals surface area contributed by atoms with Gasteiger partial charge in [0.15, 0.2) is 21.3 Å². The van der Waals surface area contributed by atoms with E-state index in [1.165, 1.54) is 17.3 Å². The highest BCUT2D eigenvalue weighted by atomic mass is 32.2. The SMILES string of the molecule is N#Cc1nccnc1N(CC(=O)O)C1CCS(=O)(=O)C1. The molecule has 0 saturated carbocycles. The summed E-state index contributed by atoms with van der Waals surface area (Å²) in [7, 11) is -3.17. The number of hydrogen-bond acceptors (Lipinski definition) is 7. The van der Waals surface area contributed by atoms with Gasteiger partial charge in [0.2, 0.25) is 0 Å². The Morgan fingerprint density at radius 3 is 2.75 bits per heavy atom. The van der Waals surface area contributed by atoms with Crippen molar-refractivity contribution in [1.82, 2.24) is 9.97 Å². The van der Waals surface area contributed by atoms with E-state index in [9.17, 15) is 13.2 Å². The molecule has 20 heavy (non-hydrogen) atoms. The van der Waals surface area contributed by atoms with Crippen LogP contribution in [0.3, 0.4) is 0 Å². The molecule has 0 amide bonds. The molecule has 2 rings (SSSR count). The summed E-state index contributed by atoms with van der Waals surface area (Å²) in [5, 5.41) is 18.0. The molecule has 1 aliphatic heterocycles. The molecular formula is C11H12N4O4S. The lowest BCUT2D eigenvalue weighted by Crippen LogP contribution is -2.41. The van der Waals surface area contributed by atoms with Gasteiger partial charge in [-0.05, 0) is 6.42 Å². The number of aromatic nitrogens is 2. The third-order valence-electron chi connectivity index (χ3n) is 3.01. The molecular weight excluding hydrogens is 284 g/mol. The van der Waals surface area contributed by atoms with Crippen LogP contribution in [-0.4, -0.2) is 53.6 Å². The van der Waals surface area contributed by atoms with Crippen LogP contribution in [0.1, 0.15) is 12.1 Å². The third-order valence-corrected chi connectivity index (χ3v) is 4.76. The summed E-state index contributed by atoms with van der Waals surface area (Å²) in [6.45, 7) is -0.423. The Balaban J connectivity index is 2.38. The molecule has 0 aromatic carbocycles. The second kappa shape index (κ2) is 5.42. The molecule has 1 aliphatic rings. The summed E-state index contributed by atoms with van der Waals surface area (Å²) in [5.74, 6) is -1.14.